The van der Waals surface area contributed by atoms with Gasteiger partial charge in [0.2, 0.25) is 0 Å². The molecule has 76 valence electrons. The van der Waals surface area contributed by atoms with E-state index in [1.54, 1.807) is 6.92 Å². The van der Waals surface area contributed by atoms with Crippen LogP contribution in [0.4, 0.5) is 0 Å². The molecule has 1 aliphatic rings. The quantitative estimate of drug-likeness (QED) is 0.588. The van der Waals surface area contributed by atoms with Gasteiger partial charge in [0, 0.05) is 6.61 Å². The van der Waals surface area contributed by atoms with Gasteiger partial charge in [0.1, 0.15) is 5.54 Å². The fraction of sp³-hybridized carbons (Fsp3) is 0.889. The van der Waals surface area contributed by atoms with Gasteiger partial charge in [-0.3, -0.25) is 4.79 Å². The lowest BCUT2D eigenvalue weighted by molar-refractivity contribution is -0.143. The highest BCUT2D eigenvalue weighted by Crippen LogP contribution is 2.27. The maximum atomic E-state index is 10.8. The topological polar surface area (TPSA) is 69.6 Å². The second-order valence-electron chi connectivity index (χ2n) is 3.95. The molecular formula is C9H17NO3. The van der Waals surface area contributed by atoms with Gasteiger partial charge < -0.3 is 15.5 Å². The molecule has 0 spiro atoms. The maximum Gasteiger partial charge on any atom is 0.323 e. The Kier molecular flexibility index (Phi) is 3.27. The number of carboxylic acid groups (broad SMARTS) is 1. The van der Waals surface area contributed by atoms with Crippen molar-refractivity contribution in [3.05, 3.63) is 0 Å². The molecule has 0 aromatic carbocycles. The number of aliphatic hydroxyl groups excluding tert-OH is 1. The van der Waals surface area contributed by atoms with Gasteiger partial charge in [0.15, 0.2) is 0 Å². The Morgan fingerprint density at radius 3 is 2.85 bits per heavy atom. The third kappa shape index (κ3) is 2.42. The van der Waals surface area contributed by atoms with Crippen LogP contribution in [0.2, 0.25) is 0 Å². The molecule has 0 bridgehead atoms. The van der Waals surface area contributed by atoms with Crippen molar-refractivity contribution in [2.45, 2.75) is 31.7 Å². The number of aliphatic carboxylic acids is 1. The van der Waals surface area contributed by atoms with E-state index < -0.39 is 11.5 Å². The lowest BCUT2D eigenvalue weighted by Gasteiger charge is -2.18. The third-order valence-electron chi connectivity index (χ3n) is 2.72. The van der Waals surface area contributed by atoms with E-state index in [0.29, 0.717) is 12.3 Å². The molecule has 13 heavy (non-hydrogen) atoms. The summed E-state index contributed by atoms with van der Waals surface area (Å²) >= 11 is 0. The summed E-state index contributed by atoms with van der Waals surface area (Å²) in [5.74, 6) is -0.382. The molecule has 1 fully saturated rings. The van der Waals surface area contributed by atoms with E-state index in [-0.39, 0.29) is 6.61 Å². The van der Waals surface area contributed by atoms with Crippen molar-refractivity contribution in [2.75, 3.05) is 13.2 Å². The van der Waals surface area contributed by atoms with Crippen molar-refractivity contribution in [1.29, 1.82) is 0 Å². The highest BCUT2D eigenvalue weighted by atomic mass is 16.4. The summed E-state index contributed by atoms with van der Waals surface area (Å²) in [6.45, 7) is 2.66. The molecule has 2 unspecified atom stereocenters. The van der Waals surface area contributed by atoms with E-state index in [1.165, 1.54) is 0 Å². The highest BCUT2D eigenvalue weighted by Gasteiger charge is 2.40. The molecule has 4 heteroatoms. The van der Waals surface area contributed by atoms with Gasteiger partial charge in [-0.05, 0) is 38.6 Å². The Labute approximate surface area is 78.0 Å². The van der Waals surface area contributed by atoms with Crippen molar-refractivity contribution in [2.24, 2.45) is 5.92 Å². The lowest BCUT2D eigenvalue weighted by Crippen LogP contribution is -2.44. The minimum atomic E-state index is -0.779. The van der Waals surface area contributed by atoms with Crippen LogP contribution < -0.4 is 5.32 Å². The number of hydrogen-bond acceptors (Lipinski definition) is 3. The van der Waals surface area contributed by atoms with Crippen LogP contribution in [-0.2, 0) is 4.79 Å². The maximum absolute atomic E-state index is 10.8. The molecular weight excluding hydrogens is 170 g/mol. The minimum Gasteiger partial charge on any atom is -0.480 e. The van der Waals surface area contributed by atoms with E-state index in [1.807, 2.05) is 0 Å². The lowest BCUT2D eigenvalue weighted by atomic mass is 9.92. The Hall–Kier alpha value is -0.610. The molecule has 0 aromatic heterocycles. The second-order valence-corrected chi connectivity index (χ2v) is 3.95. The van der Waals surface area contributed by atoms with Gasteiger partial charge in [-0.25, -0.2) is 0 Å². The highest BCUT2D eigenvalue weighted by molar-refractivity contribution is 5.78. The van der Waals surface area contributed by atoms with E-state index in [9.17, 15) is 4.79 Å². The molecule has 2 atom stereocenters. The predicted octanol–water partition coefficient (Wildman–Crippen LogP) is 0.212. The number of aliphatic hydroxyl groups is 1. The summed E-state index contributed by atoms with van der Waals surface area (Å²) in [4.78, 5) is 10.8. The Morgan fingerprint density at radius 1 is 1.69 bits per heavy atom. The third-order valence-corrected chi connectivity index (χ3v) is 2.72. The molecule has 0 radical (unpaired) electrons. The van der Waals surface area contributed by atoms with Gasteiger partial charge in [-0.15, -0.1) is 0 Å². The van der Waals surface area contributed by atoms with Crippen LogP contribution in [0.1, 0.15) is 26.2 Å². The molecule has 1 saturated heterocycles. The molecule has 3 N–H and O–H groups in total. The first-order valence-electron chi connectivity index (χ1n) is 4.68. The zero-order valence-corrected chi connectivity index (χ0v) is 7.92. The van der Waals surface area contributed by atoms with Gasteiger partial charge >= 0.3 is 5.97 Å². The van der Waals surface area contributed by atoms with Crippen LogP contribution >= 0.6 is 0 Å². The van der Waals surface area contributed by atoms with Crippen molar-refractivity contribution in [3.63, 3.8) is 0 Å². The Balaban J connectivity index is 2.39. The molecule has 0 aromatic rings. The summed E-state index contributed by atoms with van der Waals surface area (Å²) in [7, 11) is 0. The summed E-state index contributed by atoms with van der Waals surface area (Å²) in [6.07, 6.45) is 2.34. The van der Waals surface area contributed by atoms with E-state index in [0.717, 1.165) is 19.4 Å². The van der Waals surface area contributed by atoms with Crippen LogP contribution in [-0.4, -0.2) is 34.9 Å². The number of nitrogens with one attached hydrogen (secondary N) is 1. The molecule has 0 saturated carbocycles. The number of carbonyl (C=O) groups is 1. The fourth-order valence-corrected chi connectivity index (χ4v) is 1.84. The van der Waals surface area contributed by atoms with Crippen molar-refractivity contribution in [3.8, 4) is 0 Å². The van der Waals surface area contributed by atoms with E-state index >= 15 is 0 Å². The molecule has 1 aliphatic heterocycles. The van der Waals surface area contributed by atoms with Crippen LogP contribution in [0, 0.1) is 5.92 Å². The fourth-order valence-electron chi connectivity index (χ4n) is 1.84. The Bertz CT molecular complexity index is 195. The first-order chi connectivity index (χ1) is 6.08. The predicted molar refractivity (Wildman–Crippen MR) is 48.5 cm³/mol. The molecule has 4 nitrogen and oxygen atoms in total. The smallest absolute Gasteiger partial charge is 0.323 e. The first kappa shape index (κ1) is 10.5. The van der Waals surface area contributed by atoms with Crippen LogP contribution in [0.5, 0.6) is 0 Å². The van der Waals surface area contributed by atoms with E-state index in [4.69, 9.17) is 10.2 Å². The molecule has 1 heterocycles. The average Bonchev–Trinajstić information content (AvgIpc) is 2.45. The Morgan fingerprint density at radius 2 is 2.38 bits per heavy atom. The van der Waals surface area contributed by atoms with Gasteiger partial charge in [-0.2, -0.15) is 0 Å². The van der Waals surface area contributed by atoms with Crippen molar-refractivity contribution in [1.82, 2.24) is 5.32 Å². The second kappa shape index (κ2) is 4.07. The summed E-state index contributed by atoms with van der Waals surface area (Å²) in [5.41, 5.74) is -0.750. The van der Waals surface area contributed by atoms with Gasteiger partial charge in [0.05, 0.1) is 0 Å². The van der Waals surface area contributed by atoms with Gasteiger partial charge in [-0.1, -0.05) is 0 Å². The summed E-state index contributed by atoms with van der Waals surface area (Å²) in [5, 5.41) is 20.5. The summed E-state index contributed by atoms with van der Waals surface area (Å²) in [6, 6.07) is 0. The number of rotatable bonds is 4. The van der Waals surface area contributed by atoms with Gasteiger partial charge in [0.25, 0.3) is 0 Å². The van der Waals surface area contributed by atoms with Crippen LogP contribution in [0.3, 0.4) is 0 Å². The number of carboxylic acids is 1. The monoisotopic (exact) mass is 187 g/mol. The molecule has 0 aliphatic carbocycles. The zero-order valence-electron chi connectivity index (χ0n) is 7.92. The first-order valence-corrected chi connectivity index (χ1v) is 4.68. The SMILES string of the molecule is CC1(C(=O)O)CC(CCCO)CN1. The molecule has 1 rings (SSSR count). The van der Waals surface area contributed by atoms with Crippen molar-refractivity contribution < 1.29 is 15.0 Å². The standard InChI is InChI=1S/C9H17NO3/c1-9(8(12)13)5-7(6-10-9)3-2-4-11/h7,10-11H,2-6H2,1H3,(H,12,13). The summed E-state index contributed by atoms with van der Waals surface area (Å²) < 4.78 is 0. The number of hydrogen-bond donors (Lipinski definition) is 3. The largest absolute Gasteiger partial charge is 0.480 e. The van der Waals surface area contributed by atoms with Crippen LogP contribution in [0.25, 0.3) is 0 Å². The zero-order chi connectivity index (χ0) is 9.90. The van der Waals surface area contributed by atoms with Crippen molar-refractivity contribution >= 4 is 5.97 Å². The average molecular weight is 187 g/mol. The normalized spacial score (nSPS) is 33.5. The molecule has 0 amide bonds. The van der Waals surface area contributed by atoms with Crippen LogP contribution in [0.15, 0.2) is 0 Å². The minimum absolute atomic E-state index is 0.195. The van der Waals surface area contributed by atoms with E-state index in [2.05, 4.69) is 5.32 Å².